The number of hydrogen-bond acceptors (Lipinski definition) is 1. The molecule has 2 aromatic carbocycles. The summed E-state index contributed by atoms with van der Waals surface area (Å²) in [5.74, 6) is -2.24. The third-order valence-corrected chi connectivity index (χ3v) is 2.92. The van der Waals surface area contributed by atoms with Gasteiger partial charge in [-0.1, -0.05) is 11.6 Å². The van der Waals surface area contributed by atoms with Gasteiger partial charge in [0.2, 0.25) is 0 Å². The van der Waals surface area contributed by atoms with Crippen molar-refractivity contribution in [2.45, 2.75) is 6.18 Å². The van der Waals surface area contributed by atoms with Crippen molar-refractivity contribution in [3.63, 3.8) is 0 Å². The average molecular weight is 319 g/mol. The molecule has 0 saturated heterocycles. The number of alkyl halides is 3. The van der Waals surface area contributed by atoms with E-state index in [-0.39, 0.29) is 16.1 Å². The summed E-state index contributed by atoms with van der Waals surface area (Å²) in [5.41, 5.74) is -1.68. The fourth-order valence-electron chi connectivity index (χ4n) is 1.80. The summed E-state index contributed by atoms with van der Waals surface area (Å²) in [6.07, 6.45) is -4.71. The lowest BCUT2D eigenvalue weighted by Crippen LogP contribution is -2.08. The second-order valence-corrected chi connectivity index (χ2v) is 4.70. The summed E-state index contributed by atoms with van der Waals surface area (Å²) in [4.78, 5) is 10.9. The lowest BCUT2D eigenvalue weighted by Gasteiger charge is -2.11. The Morgan fingerprint density at radius 1 is 1.00 bits per heavy atom. The number of carboxylic acids is 1. The molecule has 0 fully saturated rings. The molecule has 0 radical (unpaired) electrons. The van der Waals surface area contributed by atoms with Crippen molar-refractivity contribution < 1.29 is 27.5 Å². The third kappa shape index (κ3) is 3.52. The van der Waals surface area contributed by atoms with Crippen LogP contribution in [-0.2, 0) is 6.18 Å². The van der Waals surface area contributed by atoms with E-state index in [2.05, 4.69) is 0 Å². The molecule has 0 heterocycles. The number of halogens is 5. The maximum atomic E-state index is 13.3. The van der Waals surface area contributed by atoms with Gasteiger partial charge in [0.25, 0.3) is 0 Å². The van der Waals surface area contributed by atoms with Crippen molar-refractivity contribution in [3.05, 3.63) is 58.4 Å². The van der Waals surface area contributed by atoms with Gasteiger partial charge in [0.05, 0.1) is 11.1 Å². The molecule has 1 N–H and O–H groups in total. The molecule has 2 rings (SSSR count). The van der Waals surface area contributed by atoms with Gasteiger partial charge in [-0.3, -0.25) is 0 Å². The molecule has 2 nitrogen and oxygen atoms in total. The zero-order chi connectivity index (χ0) is 15.8. The highest BCUT2D eigenvalue weighted by Crippen LogP contribution is 2.34. The highest BCUT2D eigenvalue weighted by atomic mass is 35.5. The van der Waals surface area contributed by atoms with Crippen molar-refractivity contribution in [1.82, 2.24) is 0 Å². The van der Waals surface area contributed by atoms with Crippen molar-refractivity contribution in [1.29, 1.82) is 0 Å². The van der Waals surface area contributed by atoms with Gasteiger partial charge in [-0.25, -0.2) is 9.18 Å². The van der Waals surface area contributed by atoms with Crippen LogP contribution in [0, 0.1) is 5.82 Å². The highest BCUT2D eigenvalue weighted by Gasteiger charge is 2.32. The van der Waals surface area contributed by atoms with E-state index in [1.807, 2.05) is 0 Å². The molecule has 0 unspecified atom stereocenters. The van der Waals surface area contributed by atoms with Crippen LogP contribution in [0.1, 0.15) is 15.9 Å². The number of hydrogen-bond donors (Lipinski definition) is 1. The molecule has 0 aromatic heterocycles. The van der Waals surface area contributed by atoms with E-state index in [1.54, 1.807) is 0 Å². The Morgan fingerprint density at radius 2 is 1.62 bits per heavy atom. The Kier molecular flexibility index (Phi) is 3.91. The number of rotatable bonds is 2. The normalized spacial score (nSPS) is 11.5. The van der Waals surface area contributed by atoms with Crippen LogP contribution in [0.15, 0.2) is 36.4 Å². The van der Waals surface area contributed by atoms with Crippen LogP contribution in [0.4, 0.5) is 17.6 Å². The summed E-state index contributed by atoms with van der Waals surface area (Å²) < 4.78 is 51.7. The molecule has 0 saturated carbocycles. The second kappa shape index (κ2) is 5.37. The van der Waals surface area contributed by atoms with Crippen LogP contribution < -0.4 is 0 Å². The molecule has 0 aliphatic heterocycles. The van der Waals surface area contributed by atoms with Crippen LogP contribution in [0.3, 0.4) is 0 Å². The van der Waals surface area contributed by atoms with Gasteiger partial charge in [0.1, 0.15) is 5.82 Å². The van der Waals surface area contributed by atoms with Gasteiger partial charge in [-0.2, -0.15) is 13.2 Å². The van der Waals surface area contributed by atoms with Crippen LogP contribution in [0.5, 0.6) is 0 Å². The Labute approximate surface area is 121 Å². The molecule has 7 heteroatoms. The number of aromatic carboxylic acids is 1. The van der Waals surface area contributed by atoms with Crippen LogP contribution in [0.25, 0.3) is 11.1 Å². The third-order valence-electron chi connectivity index (χ3n) is 2.70. The molecule has 0 bridgehead atoms. The van der Waals surface area contributed by atoms with Crippen molar-refractivity contribution in [3.8, 4) is 11.1 Å². The molecule has 0 spiro atoms. The summed E-state index contributed by atoms with van der Waals surface area (Å²) in [7, 11) is 0. The lowest BCUT2D eigenvalue weighted by molar-refractivity contribution is -0.137. The zero-order valence-electron chi connectivity index (χ0n) is 10.2. The molecule has 0 aliphatic carbocycles. The maximum absolute atomic E-state index is 13.3. The van der Waals surface area contributed by atoms with Gasteiger partial charge in [0.15, 0.2) is 0 Å². The van der Waals surface area contributed by atoms with E-state index in [1.165, 1.54) is 6.07 Å². The molecule has 0 aliphatic rings. The topological polar surface area (TPSA) is 37.3 Å². The molecular weight excluding hydrogens is 312 g/mol. The first-order valence-corrected chi connectivity index (χ1v) is 5.96. The molecule has 110 valence electrons. The first kappa shape index (κ1) is 15.3. The van der Waals surface area contributed by atoms with E-state index in [0.717, 1.165) is 24.3 Å². The summed E-state index contributed by atoms with van der Waals surface area (Å²) in [6, 6.07) is 5.53. The van der Waals surface area contributed by atoms with Crippen LogP contribution >= 0.6 is 11.6 Å². The van der Waals surface area contributed by atoms with Gasteiger partial charge in [-0.15, -0.1) is 0 Å². The summed E-state index contributed by atoms with van der Waals surface area (Å²) in [6.45, 7) is 0. The quantitative estimate of drug-likeness (QED) is 0.803. The SMILES string of the molecule is O=C(O)c1cc(-c2cc(F)cc(Cl)c2)cc(C(F)(F)F)c1. The second-order valence-electron chi connectivity index (χ2n) is 4.26. The first-order valence-electron chi connectivity index (χ1n) is 5.59. The Balaban J connectivity index is 2.67. The van der Waals surface area contributed by atoms with E-state index in [4.69, 9.17) is 16.7 Å². The maximum Gasteiger partial charge on any atom is 0.416 e. The van der Waals surface area contributed by atoms with Crippen LogP contribution in [-0.4, -0.2) is 11.1 Å². The summed E-state index contributed by atoms with van der Waals surface area (Å²) >= 11 is 5.65. The van der Waals surface area contributed by atoms with Crippen molar-refractivity contribution in [2.75, 3.05) is 0 Å². The first-order chi connectivity index (χ1) is 9.66. The molecule has 0 atom stereocenters. The Bertz CT molecular complexity index is 690. The van der Waals surface area contributed by atoms with E-state index >= 15 is 0 Å². The fraction of sp³-hybridized carbons (Fsp3) is 0.0714. The van der Waals surface area contributed by atoms with Gasteiger partial charge in [-0.05, 0) is 47.5 Å². The average Bonchev–Trinajstić information content (AvgIpc) is 2.36. The van der Waals surface area contributed by atoms with Crippen molar-refractivity contribution >= 4 is 17.6 Å². The standard InChI is InChI=1S/C14H7ClF4O2/c15-11-4-8(5-12(16)6-11)7-1-9(13(20)21)3-10(2-7)14(17,18)19/h1-6H,(H,20,21). The fourth-order valence-corrected chi connectivity index (χ4v) is 2.02. The lowest BCUT2D eigenvalue weighted by atomic mass is 9.99. The number of carbonyl (C=O) groups is 1. The van der Waals surface area contributed by atoms with Gasteiger partial charge in [0, 0.05) is 5.02 Å². The minimum atomic E-state index is -4.71. The monoisotopic (exact) mass is 318 g/mol. The van der Waals surface area contributed by atoms with Gasteiger partial charge >= 0.3 is 12.1 Å². The highest BCUT2D eigenvalue weighted by molar-refractivity contribution is 6.30. The molecule has 21 heavy (non-hydrogen) atoms. The Hall–Kier alpha value is -2.08. The van der Waals surface area contributed by atoms with E-state index in [0.29, 0.717) is 6.07 Å². The van der Waals surface area contributed by atoms with Crippen LogP contribution in [0.2, 0.25) is 5.02 Å². The molecule has 2 aromatic rings. The summed E-state index contributed by atoms with van der Waals surface area (Å²) in [5, 5.41) is 8.89. The smallest absolute Gasteiger partial charge is 0.416 e. The Morgan fingerprint density at radius 3 is 2.14 bits per heavy atom. The van der Waals surface area contributed by atoms with Gasteiger partial charge < -0.3 is 5.11 Å². The van der Waals surface area contributed by atoms with E-state index in [9.17, 15) is 22.4 Å². The zero-order valence-corrected chi connectivity index (χ0v) is 11.0. The molecule has 0 amide bonds. The number of benzene rings is 2. The predicted molar refractivity (Wildman–Crippen MR) is 68.8 cm³/mol. The van der Waals surface area contributed by atoms with E-state index < -0.39 is 29.1 Å². The largest absolute Gasteiger partial charge is 0.478 e. The van der Waals surface area contributed by atoms with Crippen molar-refractivity contribution in [2.24, 2.45) is 0 Å². The molecular formula is C14H7ClF4O2. The minimum absolute atomic E-state index is 0.000660. The minimum Gasteiger partial charge on any atom is -0.478 e. The predicted octanol–water partition coefficient (Wildman–Crippen LogP) is 4.86. The number of carboxylic acid groups (broad SMARTS) is 1.